The van der Waals surface area contributed by atoms with Crippen LogP contribution in [0.4, 0.5) is 0 Å². The highest BCUT2D eigenvalue weighted by molar-refractivity contribution is 7.65. The second kappa shape index (κ2) is 17.8. The third-order valence-corrected chi connectivity index (χ3v) is 7.81. The van der Waals surface area contributed by atoms with E-state index in [1.807, 2.05) is 27.7 Å². The van der Waals surface area contributed by atoms with Crippen molar-refractivity contribution in [3.63, 3.8) is 0 Å². The Morgan fingerprint density at radius 2 is 1.82 bits per heavy atom. The summed E-state index contributed by atoms with van der Waals surface area (Å²) >= 11 is 0. The number of aromatic amines is 1. The van der Waals surface area contributed by atoms with Gasteiger partial charge in [-0.3, -0.25) is 14.3 Å². The lowest BCUT2D eigenvalue weighted by atomic mass is 10.3. The van der Waals surface area contributed by atoms with Crippen LogP contribution >= 0.6 is 15.7 Å². The monoisotopic (exact) mass is 576 g/mol. The number of rotatable bonds is 19. The van der Waals surface area contributed by atoms with Crippen molar-refractivity contribution in [2.45, 2.75) is 52.1 Å². The van der Waals surface area contributed by atoms with Crippen molar-refractivity contribution >= 4 is 15.7 Å². The molecule has 0 aliphatic carbocycles. The van der Waals surface area contributed by atoms with Crippen LogP contribution in [0.25, 0.3) is 4.85 Å². The standard InChI is InChI=1S/C24H42N4O8P2/c1-19(2)28(20(3)4)37(34-13-11-25-5)35-18-23(27-12-9-22(29)26-24(27)30)36-21(10-16-38(7,8)31)17-33-15-14-32-6/h9-10,12,16,19-21,23H,11,13-15,17-18H2,1-4,6-8H3,(H,26,29,30)/b16-10+/t21-,23-,37?/m1/s1. The van der Waals surface area contributed by atoms with Gasteiger partial charge in [0.2, 0.25) is 6.54 Å². The Kier molecular flexibility index (Phi) is 16.1. The molecule has 1 heterocycles. The average molecular weight is 577 g/mol. The van der Waals surface area contributed by atoms with Gasteiger partial charge in [0.05, 0.1) is 19.8 Å². The maximum Gasteiger partial charge on any atom is 0.330 e. The molecule has 0 aliphatic heterocycles. The zero-order chi connectivity index (χ0) is 28.7. The van der Waals surface area contributed by atoms with Gasteiger partial charge in [-0.1, -0.05) is 6.08 Å². The fraction of sp³-hybridized carbons (Fsp3) is 0.708. The van der Waals surface area contributed by atoms with Crippen LogP contribution in [0.5, 0.6) is 0 Å². The molecule has 3 atom stereocenters. The van der Waals surface area contributed by atoms with Crippen LogP contribution in [0.2, 0.25) is 0 Å². The molecule has 0 saturated heterocycles. The molecule has 1 rings (SSSR count). The van der Waals surface area contributed by atoms with Crippen molar-refractivity contribution in [2.24, 2.45) is 0 Å². The zero-order valence-electron chi connectivity index (χ0n) is 23.4. The van der Waals surface area contributed by atoms with Gasteiger partial charge in [-0.2, -0.15) is 0 Å². The molecule has 0 aromatic carbocycles. The van der Waals surface area contributed by atoms with Gasteiger partial charge in [0.15, 0.2) is 6.23 Å². The number of methoxy groups -OCH3 is 1. The van der Waals surface area contributed by atoms with E-state index in [1.54, 1.807) is 32.3 Å². The third-order valence-electron chi connectivity index (χ3n) is 4.85. The highest BCUT2D eigenvalue weighted by atomic mass is 31.2. The van der Waals surface area contributed by atoms with Gasteiger partial charge in [0.25, 0.3) is 14.1 Å². The molecule has 14 heteroatoms. The maximum atomic E-state index is 12.7. The molecular weight excluding hydrogens is 534 g/mol. The normalized spacial score (nSPS) is 14.9. The van der Waals surface area contributed by atoms with Crippen LogP contribution in [0.1, 0.15) is 33.9 Å². The van der Waals surface area contributed by atoms with Crippen molar-refractivity contribution < 1.29 is 27.8 Å². The van der Waals surface area contributed by atoms with E-state index in [4.69, 9.17) is 29.8 Å². The van der Waals surface area contributed by atoms with E-state index in [0.717, 1.165) is 0 Å². The molecule has 0 radical (unpaired) electrons. The van der Waals surface area contributed by atoms with E-state index in [2.05, 4.69) is 14.5 Å². The lowest BCUT2D eigenvalue weighted by molar-refractivity contribution is -0.0895. The minimum absolute atomic E-state index is 0.0809. The van der Waals surface area contributed by atoms with Gasteiger partial charge in [-0.15, -0.1) is 0 Å². The predicted octanol–water partition coefficient (Wildman–Crippen LogP) is 3.52. The van der Waals surface area contributed by atoms with E-state index in [9.17, 15) is 14.2 Å². The Balaban J connectivity index is 3.31. The summed E-state index contributed by atoms with van der Waals surface area (Å²) < 4.78 is 44.7. The van der Waals surface area contributed by atoms with E-state index >= 15 is 0 Å². The minimum Gasteiger partial charge on any atom is -0.382 e. The first-order chi connectivity index (χ1) is 17.9. The number of ether oxygens (including phenoxy) is 3. The molecule has 38 heavy (non-hydrogen) atoms. The second-order valence-electron chi connectivity index (χ2n) is 9.31. The summed E-state index contributed by atoms with van der Waals surface area (Å²) in [5.74, 6) is 1.57. The van der Waals surface area contributed by atoms with Gasteiger partial charge in [-0.05, 0) is 46.8 Å². The summed E-state index contributed by atoms with van der Waals surface area (Å²) in [6, 6.07) is 1.38. The van der Waals surface area contributed by atoms with Crippen molar-refractivity contribution in [2.75, 3.05) is 60.0 Å². The van der Waals surface area contributed by atoms with Gasteiger partial charge >= 0.3 is 5.69 Å². The highest BCUT2D eigenvalue weighted by Gasteiger charge is 2.30. The van der Waals surface area contributed by atoms with Crippen molar-refractivity contribution in [3.8, 4) is 0 Å². The van der Waals surface area contributed by atoms with Gasteiger partial charge in [-0.25, -0.2) is 16.0 Å². The molecule has 0 amide bonds. The summed E-state index contributed by atoms with van der Waals surface area (Å²) in [6.45, 7) is 19.4. The molecule has 12 nitrogen and oxygen atoms in total. The summed E-state index contributed by atoms with van der Waals surface area (Å²) in [6.07, 6.45) is 1.30. The molecule has 0 spiro atoms. The molecule has 0 aliphatic rings. The van der Waals surface area contributed by atoms with Gasteiger partial charge < -0.3 is 32.7 Å². The molecule has 0 bridgehead atoms. The van der Waals surface area contributed by atoms with Crippen LogP contribution < -0.4 is 11.2 Å². The highest BCUT2D eigenvalue weighted by Crippen LogP contribution is 2.46. The van der Waals surface area contributed by atoms with Crippen LogP contribution in [0.3, 0.4) is 0 Å². The Labute approximate surface area is 226 Å². The van der Waals surface area contributed by atoms with Crippen molar-refractivity contribution in [1.82, 2.24) is 14.2 Å². The number of aromatic nitrogens is 2. The molecule has 216 valence electrons. The largest absolute Gasteiger partial charge is 0.382 e. The Hall–Kier alpha value is -1.67. The van der Waals surface area contributed by atoms with Gasteiger partial charge in [0.1, 0.15) is 26.5 Å². The fourth-order valence-electron chi connectivity index (χ4n) is 3.26. The lowest BCUT2D eigenvalue weighted by Gasteiger charge is -2.36. The Bertz CT molecular complexity index is 1040. The van der Waals surface area contributed by atoms with Gasteiger partial charge in [0, 0.05) is 31.5 Å². The number of hydrogen-bond donors (Lipinski definition) is 1. The molecule has 1 unspecified atom stereocenters. The Morgan fingerprint density at radius 1 is 1.13 bits per heavy atom. The molecule has 1 aromatic rings. The first kappa shape index (κ1) is 34.4. The fourth-order valence-corrected chi connectivity index (χ4v) is 5.46. The van der Waals surface area contributed by atoms with Crippen LogP contribution in [0, 0.1) is 6.57 Å². The summed E-state index contributed by atoms with van der Waals surface area (Å²) in [5.41, 5.74) is -1.22. The molecule has 0 saturated carbocycles. The number of nitrogens with zero attached hydrogens (tertiary/aromatic N) is 3. The molecule has 1 aromatic heterocycles. The van der Waals surface area contributed by atoms with Crippen LogP contribution in [-0.4, -0.2) is 92.4 Å². The number of H-pyrrole nitrogens is 1. The average Bonchev–Trinajstić information content (AvgIpc) is 2.81. The first-order valence-corrected chi connectivity index (χ1v) is 16.1. The zero-order valence-corrected chi connectivity index (χ0v) is 25.2. The predicted molar refractivity (Wildman–Crippen MR) is 149 cm³/mol. The quantitative estimate of drug-likeness (QED) is 0.150. The smallest absolute Gasteiger partial charge is 0.330 e. The van der Waals surface area contributed by atoms with Crippen molar-refractivity contribution in [1.29, 1.82) is 0 Å². The molecule has 1 N–H and O–H groups in total. The molecule has 0 fully saturated rings. The third kappa shape index (κ3) is 13.4. The second-order valence-corrected chi connectivity index (χ2v) is 13.9. The van der Waals surface area contributed by atoms with Crippen molar-refractivity contribution in [3.05, 3.63) is 56.4 Å². The van der Waals surface area contributed by atoms with Crippen LogP contribution in [-0.2, 0) is 27.8 Å². The minimum atomic E-state index is -2.51. The topological polar surface area (TPSA) is 126 Å². The summed E-state index contributed by atoms with van der Waals surface area (Å²) in [4.78, 5) is 29.9. The SMILES string of the molecule is [C-]#[N+]CCOP(OC[C@@H](O[C@H](/C=C/P(C)(C)=O)COCCOC)n1ccc(=O)[nH]c1=O)N(C(C)C)C(C)C. The summed E-state index contributed by atoms with van der Waals surface area (Å²) in [5, 5.41) is 0. The molecular formula is C24H42N4O8P2. The van der Waals surface area contributed by atoms with E-state index in [1.165, 1.54) is 16.8 Å². The first-order valence-electron chi connectivity index (χ1n) is 12.3. The van der Waals surface area contributed by atoms with Crippen LogP contribution in [0.15, 0.2) is 33.7 Å². The maximum absolute atomic E-state index is 12.7. The van der Waals surface area contributed by atoms with E-state index in [-0.39, 0.29) is 38.4 Å². The Morgan fingerprint density at radius 3 is 2.37 bits per heavy atom. The summed E-state index contributed by atoms with van der Waals surface area (Å²) in [7, 11) is -2.56. The van der Waals surface area contributed by atoms with E-state index < -0.39 is 39.2 Å². The number of nitrogens with one attached hydrogen (secondary N) is 1. The van der Waals surface area contributed by atoms with E-state index in [0.29, 0.717) is 13.2 Å². The lowest BCUT2D eigenvalue weighted by Crippen LogP contribution is -2.38. The number of hydrogen-bond acceptors (Lipinski definition) is 9.